The minimum Gasteiger partial charge on any atom is -0.309 e. The first kappa shape index (κ1) is 16.0. The topological polar surface area (TPSA) is 46.2 Å². The van der Waals surface area contributed by atoms with Gasteiger partial charge in [-0.25, -0.2) is 8.42 Å². The lowest BCUT2D eigenvalue weighted by Gasteiger charge is -2.18. The van der Waals surface area contributed by atoms with E-state index in [4.69, 9.17) is 11.6 Å². The molecule has 0 heterocycles. The first-order valence-electron chi connectivity index (χ1n) is 6.56. The Morgan fingerprint density at radius 3 is 2.10 bits per heavy atom. The third-order valence-corrected chi connectivity index (χ3v) is 5.00. The van der Waals surface area contributed by atoms with Gasteiger partial charge in [-0.05, 0) is 48.9 Å². The van der Waals surface area contributed by atoms with Crippen molar-refractivity contribution in [2.75, 3.05) is 13.3 Å². The first-order chi connectivity index (χ1) is 9.82. The molecule has 0 fully saturated rings. The van der Waals surface area contributed by atoms with Crippen molar-refractivity contribution >= 4 is 21.4 Å². The van der Waals surface area contributed by atoms with Crippen LogP contribution < -0.4 is 5.32 Å². The maximum Gasteiger partial charge on any atom is 0.175 e. The van der Waals surface area contributed by atoms with Crippen LogP contribution in [0.3, 0.4) is 0 Å². The lowest BCUT2D eigenvalue weighted by Crippen LogP contribution is -2.17. The van der Waals surface area contributed by atoms with Crippen molar-refractivity contribution in [1.82, 2.24) is 5.32 Å². The molecule has 0 aliphatic rings. The number of nitrogens with one attached hydrogen (secondary N) is 1. The highest BCUT2D eigenvalue weighted by atomic mass is 35.5. The molecule has 5 heteroatoms. The van der Waals surface area contributed by atoms with E-state index < -0.39 is 9.84 Å². The van der Waals surface area contributed by atoms with E-state index >= 15 is 0 Å². The lowest BCUT2D eigenvalue weighted by atomic mass is 9.98. The number of hydrogen-bond acceptors (Lipinski definition) is 3. The zero-order valence-electron chi connectivity index (χ0n) is 12.2. The second-order valence-electron chi connectivity index (χ2n) is 5.07. The Kier molecular flexibility index (Phi) is 4.71. The lowest BCUT2D eigenvalue weighted by molar-refractivity contribution is 0.601. The fourth-order valence-electron chi connectivity index (χ4n) is 2.22. The van der Waals surface area contributed by atoms with Gasteiger partial charge in [-0.3, -0.25) is 0 Å². The van der Waals surface area contributed by atoms with E-state index in [9.17, 15) is 8.42 Å². The minimum absolute atomic E-state index is 0.0308. The third kappa shape index (κ3) is 3.64. The molecule has 1 atom stereocenters. The van der Waals surface area contributed by atoms with Crippen LogP contribution in [-0.2, 0) is 9.84 Å². The smallest absolute Gasteiger partial charge is 0.175 e. The van der Waals surface area contributed by atoms with Gasteiger partial charge in [-0.2, -0.15) is 0 Å². The van der Waals surface area contributed by atoms with Crippen molar-refractivity contribution in [3.8, 4) is 0 Å². The Labute approximate surface area is 130 Å². The van der Waals surface area contributed by atoms with E-state index in [1.807, 2.05) is 44.3 Å². The highest BCUT2D eigenvalue weighted by molar-refractivity contribution is 7.90. The molecule has 0 amide bonds. The maximum atomic E-state index is 11.5. The van der Waals surface area contributed by atoms with Gasteiger partial charge in [0.15, 0.2) is 9.84 Å². The van der Waals surface area contributed by atoms with Gasteiger partial charge in [0, 0.05) is 11.3 Å². The molecule has 2 aromatic rings. The first-order valence-corrected chi connectivity index (χ1v) is 8.83. The third-order valence-electron chi connectivity index (χ3n) is 3.46. The highest BCUT2D eigenvalue weighted by Crippen LogP contribution is 2.26. The Morgan fingerprint density at radius 1 is 1.05 bits per heavy atom. The summed E-state index contributed by atoms with van der Waals surface area (Å²) < 4.78 is 23.0. The van der Waals surface area contributed by atoms with Crippen LogP contribution in [0, 0.1) is 6.92 Å². The number of hydrogen-bond donors (Lipinski definition) is 1. The molecule has 2 aromatic carbocycles. The van der Waals surface area contributed by atoms with E-state index in [0.717, 1.165) is 21.7 Å². The van der Waals surface area contributed by atoms with Crippen LogP contribution in [0.1, 0.15) is 22.7 Å². The number of rotatable bonds is 4. The summed E-state index contributed by atoms with van der Waals surface area (Å²) >= 11 is 6.18. The van der Waals surface area contributed by atoms with Crippen LogP contribution in [0.25, 0.3) is 0 Å². The second kappa shape index (κ2) is 6.18. The van der Waals surface area contributed by atoms with Crippen LogP contribution in [0.5, 0.6) is 0 Å². The van der Waals surface area contributed by atoms with Gasteiger partial charge in [0.2, 0.25) is 0 Å². The molecule has 3 nitrogen and oxygen atoms in total. The van der Waals surface area contributed by atoms with E-state index in [-0.39, 0.29) is 6.04 Å². The summed E-state index contributed by atoms with van der Waals surface area (Å²) in [5.41, 5.74) is 3.06. The van der Waals surface area contributed by atoms with Crippen molar-refractivity contribution in [2.24, 2.45) is 0 Å². The zero-order chi connectivity index (χ0) is 15.6. The maximum absolute atomic E-state index is 11.5. The molecule has 0 aromatic heterocycles. The van der Waals surface area contributed by atoms with E-state index in [1.165, 1.54) is 6.26 Å². The van der Waals surface area contributed by atoms with Crippen molar-refractivity contribution in [3.63, 3.8) is 0 Å². The standard InChI is InChI=1S/C16H18ClNO2S/c1-11-4-5-13(10-15(11)17)16(18-2)12-6-8-14(9-7-12)21(3,19)20/h4-10,16,18H,1-3H3. The number of aryl methyl sites for hydroxylation is 1. The normalized spacial score (nSPS) is 13.1. The second-order valence-corrected chi connectivity index (χ2v) is 7.49. The van der Waals surface area contributed by atoms with Gasteiger partial charge < -0.3 is 5.32 Å². The monoisotopic (exact) mass is 323 g/mol. The van der Waals surface area contributed by atoms with Gasteiger partial charge in [-0.1, -0.05) is 35.9 Å². The SMILES string of the molecule is CNC(c1ccc(S(C)(=O)=O)cc1)c1ccc(C)c(Cl)c1. The minimum atomic E-state index is -3.17. The Balaban J connectivity index is 2.39. The van der Waals surface area contributed by atoms with E-state index in [2.05, 4.69) is 5.32 Å². The van der Waals surface area contributed by atoms with E-state index in [0.29, 0.717) is 4.90 Å². The predicted octanol–water partition coefficient (Wildman–Crippen LogP) is 3.36. The van der Waals surface area contributed by atoms with Gasteiger partial charge in [0.1, 0.15) is 0 Å². The summed E-state index contributed by atoms with van der Waals surface area (Å²) in [6.07, 6.45) is 1.21. The van der Waals surface area contributed by atoms with Crippen molar-refractivity contribution in [3.05, 3.63) is 64.2 Å². The van der Waals surface area contributed by atoms with Gasteiger partial charge >= 0.3 is 0 Å². The molecule has 21 heavy (non-hydrogen) atoms. The van der Waals surface area contributed by atoms with Crippen LogP contribution in [-0.4, -0.2) is 21.7 Å². The van der Waals surface area contributed by atoms with Crippen molar-refractivity contribution < 1.29 is 8.42 Å². The fourth-order valence-corrected chi connectivity index (χ4v) is 3.04. The molecule has 0 saturated heterocycles. The van der Waals surface area contributed by atoms with Crippen LogP contribution in [0.15, 0.2) is 47.4 Å². The van der Waals surface area contributed by atoms with Crippen LogP contribution in [0.4, 0.5) is 0 Å². The zero-order valence-corrected chi connectivity index (χ0v) is 13.8. The molecule has 0 bridgehead atoms. The molecule has 2 rings (SSSR count). The number of halogens is 1. The Bertz CT molecular complexity index is 739. The summed E-state index contributed by atoms with van der Waals surface area (Å²) in [6, 6.07) is 12.8. The van der Waals surface area contributed by atoms with Crippen LogP contribution in [0.2, 0.25) is 5.02 Å². The van der Waals surface area contributed by atoms with Gasteiger partial charge in [-0.15, -0.1) is 0 Å². The summed E-state index contributed by atoms with van der Waals surface area (Å²) in [6.45, 7) is 1.96. The molecule has 1 unspecified atom stereocenters. The summed E-state index contributed by atoms with van der Waals surface area (Å²) in [7, 11) is -1.31. The largest absolute Gasteiger partial charge is 0.309 e. The summed E-state index contributed by atoms with van der Waals surface area (Å²) in [5.74, 6) is 0. The van der Waals surface area contributed by atoms with Gasteiger partial charge in [0.05, 0.1) is 10.9 Å². The molecule has 0 radical (unpaired) electrons. The van der Waals surface area contributed by atoms with Gasteiger partial charge in [0.25, 0.3) is 0 Å². The molecule has 0 aliphatic carbocycles. The average Bonchev–Trinajstić information content (AvgIpc) is 2.43. The molecule has 112 valence electrons. The fraction of sp³-hybridized carbons (Fsp3) is 0.250. The number of sulfone groups is 1. The predicted molar refractivity (Wildman–Crippen MR) is 86.6 cm³/mol. The number of benzene rings is 2. The van der Waals surface area contributed by atoms with E-state index in [1.54, 1.807) is 12.1 Å². The molecular weight excluding hydrogens is 306 g/mol. The average molecular weight is 324 g/mol. The molecule has 0 saturated carbocycles. The molecule has 0 spiro atoms. The molecular formula is C16H18ClNO2S. The summed E-state index contributed by atoms with van der Waals surface area (Å²) in [4.78, 5) is 0.322. The van der Waals surface area contributed by atoms with Crippen molar-refractivity contribution in [1.29, 1.82) is 0 Å². The quantitative estimate of drug-likeness (QED) is 0.938. The molecule has 1 N–H and O–H groups in total. The van der Waals surface area contributed by atoms with Crippen LogP contribution >= 0.6 is 11.6 Å². The molecule has 0 aliphatic heterocycles. The Morgan fingerprint density at radius 2 is 1.62 bits per heavy atom. The summed E-state index contributed by atoms with van der Waals surface area (Å²) in [5, 5.41) is 3.95. The van der Waals surface area contributed by atoms with Crippen molar-refractivity contribution in [2.45, 2.75) is 17.9 Å². The Hall–Kier alpha value is -1.36. The highest BCUT2D eigenvalue weighted by Gasteiger charge is 2.14.